The summed E-state index contributed by atoms with van der Waals surface area (Å²) in [4.78, 5) is 21.2. The van der Waals surface area contributed by atoms with Crippen LogP contribution in [0.1, 0.15) is 33.6 Å². The standard InChI is InChI=1S/C10H16O4/c1-4-10(3,5-2)14-9(13)7-6-8(11)12/h6-7H,4-5H2,1-3H3,(H,11,12). The molecule has 0 radical (unpaired) electrons. The number of carboxylic acid groups (broad SMARTS) is 1. The van der Waals surface area contributed by atoms with Gasteiger partial charge in [-0.3, -0.25) is 0 Å². The molecule has 0 aromatic carbocycles. The van der Waals surface area contributed by atoms with Gasteiger partial charge in [0.15, 0.2) is 0 Å². The highest BCUT2D eigenvalue weighted by atomic mass is 16.6. The summed E-state index contributed by atoms with van der Waals surface area (Å²) in [6.07, 6.45) is 3.10. The first-order chi connectivity index (χ1) is 6.43. The molecular weight excluding hydrogens is 184 g/mol. The number of aliphatic carboxylic acids is 1. The van der Waals surface area contributed by atoms with Gasteiger partial charge in [0.05, 0.1) is 0 Å². The summed E-state index contributed by atoms with van der Waals surface area (Å²) in [7, 11) is 0. The minimum atomic E-state index is -1.16. The summed E-state index contributed by atoms with van der Waals surface area (Å²) in [6, 6.07) is 0. The molecule has 0 amide bonds. The Morgan fingerprint density at radius 2 is 1.79 bits per heavy atom. The van der Waals surface area contributed by atoms with Gasteiger partial charge in [-0.15, -0.1) is 0 Å². The first-order valence-corrected chi connectivity index (χ1v) is 4.57. The first kappa shape index (κ1) is 12.7. The van der Waals surface area contributed by atoms with Crippen LogP contribution in [0.15, 0.2) is 12.2 Å². The van der Waals surface area contributed by atoms with Crippen LogP contribution in [0.5, 0.6) is 0 Å². The molecule has 0 aromatic heterocycles. The molecule has 0 heterocycles. The number of carboxylic acids is 1. The number of hydrogen-bond acceptors (Lipinski definition) is 3. The third-order valence-corrected chi connectivity index (χ3v) is 2.20. The van der Waals surface area contributed by atoms with Gasteiger partial charge in [-0.25, -0.2) is 9.59 Å². The maximum Gasteiger partial charge on any atom is 0.331 e. The molecule has 0 fully saturated rings. The smallest absolute Gasteiger partial charge is 0.331 e. The Kier molecular flexibility index (Phi) is 4.91. The number of carbonyl (C=O) groups is 2. The first-order valence-electron chi connectivity index (χ1n) is 4.57. The molecule has 0 bridgehead atoms. The topological polar surface area (TPSA) is 63.6 Å². The largest absolute Gasteiger partial charge is 0.478 e. The summed E-state index contributed by atoms with van der Waals surface area (Å²) in [5, 5.41) is 8.28. The molecule has 0 saturated carbocycles. The maximum atomic E-state index is 11.1. The van der Waals surface area contributed by atoms with Crippen molar-refractivity contribution in [2.45, 2.75) is 39.2 Å². The number of hydrogen-bond donors (Lipinski definition) is 1. The van der Waals surface area contributed by atoms with E-state index >= 15 is 0 Å². The molecule has 0 aromatic rings. The highest BCUT2D eigenvalue weighted by molar-refractivity contribution is 5.90. The van der Waals surface area contributed by atoms with Crippen LogP contribution in [0.3, 0.4) is 0 Å². The van der Waals surface area contributed by atoms with E-state index < -0.39 is 17.5 Å². The van der Waals surface area contributed by atoms with Crippen molar-refractivity contribution in [3.8, 4) is 0 Å². The van der Waals surface area contributed by atoms with Crippen molar-refractivity contribution in [2.24, 2.45) is 0 Å². The Labute approximate surface area is 83.6 Å². The summed E-state index contributed by atoms with van der Waals surface area (Å²) >= 11 is 0. The van der Waals surface area contributed by atoms with Gasteiger partial charge in [0.1, 0.15) is 5.60 Å². The normalized spacial score (nSPS) is 11.6. The van der Waals surface area contributed by atoms with Crippen LogP contribution >= 0.6 is 0 Å². The lowest BCUT2D eigenvalue weighted by Crippen LogP contribution is -2.29. The van der Waals surface area contributed by atoms with Gasteiger partial charge in [0, 0.05) is 12.2 Å². The third-order valence-electron chi connectivity index (χ3n) is 2.20. The van der Waals surface area contributed by atoms with E-state index in [-0.39, 0.29) is 0 Å². The number of esters is 1. The van der Waals surface area contributed by atoms with Crippen molar-refractivity contribution in [1.82, 2.24) is 0 Å². The van der Waals surface area contributed by atoms with Gasteiger partial charge >= 0.3 is 11.9 Å². The molecule has 0 saturated heterocycles. The van der Waals surface area contributed by atoms with Gasteiger partial charge < -0.3 is 9.84 Å². The molecule has 0 aliphatic rings. The fourth-order valence-corrected chi connectivity index (χ4v) is 0.811. The molecule has 1 N–H and O–H groups in total. The average molecular weight is 200 g/mol. The zero-order valence-electron chi connectivity index (χ0n) is 8.74. The van der Waals surface area contributed by atoms with Gasteiger partial charge in [-0.2, -0.15) is 0 Å². The third kappa shape index (κ3) is 4.64. The fraction of sp³-hybridized carbons (Fsp3) is 0.600. The summed E-state index contributed by atoms with van der Waals surface area (Å²) in [6.45, 7) is 5.65. The minimum Gasteiger partial charge on any atom is -0.478 e. The second-order valence-electron chi connectivity index (χ2n) is 3.25. The van der Waals surface area contributed by atoms with Crippen molar-refractivity contribution < 1.29 is 19.4 Å². The van der Waals surface area contributed by atoms with Crippen LogP contribution in [0.4, 0.5) is 0 Å². The van der Waals surface area contributed by atoms with Crippen LogP contribution in [0, 0.1) is 0 Å². The van der Waals surface area contributed by atoms with Crippen molar-refractivity contribution in [3.63, 3.8) is 0 Å². The van der Waals surface area contributed by atoms with E-state index in [9.17, 15) is 9.59 Å². The monoisotopic (exact) mass is 200 g/mol. The van der Waals surface area contributed by atoms with Gasteiger partial charge in [0.2, 0.25) is 0 Å². The molecule has 4 nitrogen and oxygen atoms in total. The van der Waals surface area contributed by atoms with Gasteiger partial charge in [-0.1, -0.05) is 13.8 Å². The summed E-state index contributed by atoms with van der Waals surface area (Å²) < 4.78 is 5.10. The van der Waals surface area contributed by atoms with Gasteiger partial charge in [0.25, 0.3) is 0 Å². The average Bonchev–Trinajstić information content (AvgIpc) is 2.14. The Morgan fingerprint density at radius 1 is 1.29 bits per heavy atom. The zero-order valence-corrected chi connectivity index (χ0v) is 8.74. The van der Waals surface area contributed by atoms with Crippen LogP contribution < -0.4 is 0 Å². The number of carbonyl (C=O) groups excluding carboxylic acids is 1. The molecule has 0 atom stereocenters. The fourth-order valence-electron chi connectivity index (χ4n) is 0.811. The van der Waals surface area contributed by atoms with Crippen LogP contribution in [-0.4, -0.2) is 22.6 Å². The molecule has 0 spiro atoms. The summed E-state index contributed by atoms with van der Waals surface area (Å²) in [5.41, 5.74) is -0.500. The lowest BCUT2D eigenvalue weighted by atomic mass is 10.0. The lowest BCUT2D eigenvalue weighted by Gasteiger charge is -2.25. The quantitative estimate of drug-likeness (QED) is 0.542. The molecule has 0 aliphatic carbocycles. The van der Waals surface area contributed by atoms with E-state index in [0.29, 0.717) is 12.8 Å². The predicted molar refractivity (Wildman–Crippen MR) is 51.9 cm³/mol. The highest BCUT2D eigenvalue weighted by Crippen LogP contribution is 2.19. The van der Waals surface area contributed by atoms with Crippen LogP contribution in [0.2, 0.25) is 0 Å². The second-order valence-corrected chi connectivity index (χ2v) is 3.25. The van der Waals surface area contributed by atoms with Crippen molar-refractivity contribution in [2.75, 3.05) is 0 Å². The highest BCUT2D eigenvalue weighted by Gasteiger charge is 2.23. The lowest BCUT2D eigenvalue weighted by molar-refractivity contribution is -0.152. The van der Waals surface area contributed by atoms with E-state index in [1.54, 1.807) is 0 Å². The Balaban J connectivity index is 4.24. The Hall–Kier alpha value is -1.32. The maximum absolute atomic E-state index is 11.1. The molecule has 0 unspecified atom stereocenters. The molecular formula is C10H16O4. The molecule has 0 rings (SSSR count). The predicted octanol–water partition coefficient (Wildman–Crippen LogP) is 1.75. The second kappa shape index (κ2) is 5.42. The van der Waals surface area contributed by atoms with E-state index in [2.05, 4.69) is 0 Å². The van der Waals surface area contributed by atoms with Crippen LogP contribution in [0.25, 0.3) is 0 Å². The van der Waals surface area contributed by atoms with E-state index in [4.69, 9.17) is 9.84 Å². The molecule has 4 heteroatoms. The van der Waals surface area contributed by atoms with Crippen molar-refractivity contribution >= 4 is 11.9 Å². The summed E-state index contributed by atoms with van der Waals surface area (Å²) in [5.74, 6) is -1.77. The van der Waals surface area contributed by atoms with Gasteiger partial charge in [-0.05, 0) is 19.8 Å². The minimum absolute atomic E-state index is 0.500. The molecule has 80 valence electrons. The molecule has 14 heavy (non-hydrogen) atoms. The Bertz CT molecular complexity index is 239. The van der Waals surface area contributed by atoms with Crippen molar-refractivity contribution in [1.29, 1.82) is 0 Å². The number of rotatable bonds is 5. The van der Waals surface area contributed by atoms with E-state index in [1.165, 1.54) is 0 Å². The number of ether oxygens (including phenoxy) is 1. The van der Waals surface area contributed by atoms with E-state index in [0.717, 1.165) is 12.2 Å². The Morgan fingerprint density at radius 3 is 2.14 bits per heavy atom. The zero-order chi connectivity index (χ0) is 11.2. The van der Waals surface area contributed by atoms with Crippen LogP contribution in [-0.2, 0) is 14.3 Å². The molecule has 0 aliphatic heterocycles. The van der Waals surface area contributed by atoms with Crippen molar-refractivity contribution in [3.05, 3.63) is 12.2 Å². The SMILES string of the molecule is CCC(C)(CC)OC(=O)C=CC(=O)O. The van der Waals surface area contributed by atoms with E-state index in [1.807, 2.05) is 20.8 Å².